The number of rotatable bonds is 8. The fourth-order valence-corrected chi connectivity index (χ4v) is 4.53. The number of methoxy groups -OCH3 is 1. The monoisotopic (exact) mass is 373 g/mol. The van der Waals surface area contributed by atoms with Crippen molar-refractivity contribution in [3.8, 4) is 0 Å². The van der Waals surface area contributed by atoms with Crippen molar-refractivity contribution in [2.24, 2.45) is 16.3 Å². The largest absolute Gasteiger partial charge is 0.385 e. The standard InChI is InChI=1S/C22H35N3O2/c1-23-21(25-17-22(13-15-26-2)11-6-7-12-22)24-16-19-10-14-27-20(19)18-8-4-3-5-9-18/h3-5,8-9,19-20H,6-7,10-17H2,1-2H3,(H2,23,24,25). The molecule has 5 nitrogen and oxygen atoms in total. The van der Waals surface area contributed by atoms with Crippen molar-refractivity contribution < 1.29 is 9.47 Å². The summed E-state index contributed by atoms with van der Waals surface area (Å²) < 4.78 is 11.3. The van der Waals surface area contributed by atoms with E-state index in [-0.39, 0.29) is 6.10 Å². The van der Waals surface area contributed by atoms with Gasteiger partial charge in [0.25, 0.3) is 0 Å². The second-order valence-corrected chi connectivity index (χ2v) is 8.01. The molecule has 0 spiro atoms. The molecule has 1 heterocycles. The van der Waals surface area contributed by atoms with Gasteiger partial charge in [-0.25, -0.2) is 0 Å². The normalized spacial score (nSPS) is 24.9. The first-order valence-corrected chi connectivity index (χ1v) is 10.4. The molecule has 0 bridgehead atoms. The van der Waals surface area contributed by atoms with Gasteiger partial charge in [-0.15, -0.1) is 0 Å². The smallest absolute Gasteiger partial charge is 0.191 e. The van der Waals surface area contributed by atoms with Gasteiger partial charge in [0.1, 0.15) is 0 Å². The molecule has 1 saturated heterocycles. The SMILES string of the molecule is CN=C(NCC1CCOC1c1ccccc1)NCC1(CCOC)CCCC1. The van der Waals surface area contributed by atoms with Crippen molar-refractivity contribution in [1.82, 2.24) is 10.6 Å². The molecule has 3 rings (SSSR count). The Bertz CT molecular complexity index is 584. The van der Waals surface area contributed by atoms with Crippen molar-refractivity contribution in [3.63, 3.8) is 0 Å². The average molecular weight is 374 g/mol. The summed E-state index contributed by atoms with van der Waals surface area (Å²) in [5, 5.41) is 7.12. The van der Waals surface area contributed by atoms with Crippen LogP contribution in [0.15, 0.2) is 35.3 Å². The van der Waals surface area contributed by atoms with Crippen molar-refractivity contribution in [1.29, 1.82) is 0 Å². The predicted octanol–water partition coefficient (Wildman–Crippen LogP) is 3.53. The Morgan fingerprint density at radius 3 is 2.70 bits per heavy atom. The highest BCUT2D eigenvalue weighted by Crippen LogP contribution is 2.40. The molecule has 0 radical (unpaired) electrons. The van der Waals surface area contributed by atoms with E-state index in [1.165, 1.54) is 31.2 Å². The molecule has 1 aliphatic heterocycles. The third-order valence-electron chi connectivity index (χ3n) is 6.23. The van der Waals surface area contributed by atoms with E-state index in [0.29, 0.717) is 11.3 Å². The Morgan fingerprint density at radius 1 is 1.22 bits per heavy atom. The number of guanidine groups is 1. The molecule has 2 fully saturated rings. The van der Waals surface area contributed by atoms with E-state index in [4.69, 9.17) is 9.47 Å². The number of nitrogens with zero attached hydrogens (tertiary/aromatic N) is 1. The Kier molecular flexibility index (Phi) is 7.53. The van der Waals surface area contributed by atoms with Crippen molar-refractivity contribution in [3.05, 3.63) is 35.9 Å². The van der Waals surface area contributed by atoms with E-state index >= 15 is 0 Å². The molecule has 5 heteroatoms. The Hall–Kier alpha value is -1.59. The maximum Gasteiger partial charge on any atom is 0.191 e. The molecule has 1 aromatic rings. The number of hydrogen-bond acceptors (Lipinski definition) is 3. The lowest BCUT2D eigenvalue weighted by Gasteiger charge is -2.30. The molecule has 2 aliphatic rings. The molecule has 150 valence electrons. The maximum atomic E-state index is 6.00. The minimum Gasteiger partial charge on any atom is -0.385 e. The summed E-state index contributed by atoms with van der Waals surface area (Å²) in [5.74, 6) is 1.37. The molecule has 27 heavy (non-hydrogen) atoms. The van der Waals surface area contributed by atoms with Gasteiger partial charge >= 0.3 is 0 Å². The zero-order valence-corrected chi connectivity index (χ0v) is 16.9. The third kappa shape index (κ3) is 5.45. The predicted molar refractivity (Wildman–Crippen MR) is 110 cm³/mol. The van der Waals surface area contributed by atoms with Crippen LogP contribution in [-0.2, 0) is 9.47 Å². The molecule has 2 atom stereocenters. The Labute approximate surface area is 163 Å². The molecule has 2 unspecified atom stereocenters. The number of hydrogen-bond donors (Lipinski definition) is 2. The highest BCUT2D eigenvalue weighted by atomic mass is 16.5. The maximum absolute atomic E-state index is 6.00. The summed E-state index contributed by atoms with van der Waals surface area (Å²) in [4.78, 5) is 4.44. The van der Waals surface area contributed by atoms with E-state index in [1.54, 1.807) is 7.11 Å². The fourth-order valence-electron chi connectivity index (χ4n) is 4.53. The molecule has 1 aromatic carbocycles. The first-order chi connectivity index (χ1) is 13.3. The van der Waals surface area contributed by atoms with Crippen molar-refractivity contribution in [2.75, 3.05) is 40.5 Å². The van der Waals surface area contributed by atoms with E-state index in [0.717, 1.165) is 45.1 Å². The van der Waals surface area contributed by atoms with Gasteiger partial charge in [0.15, 0.2) is 5.96 Å². The van der Waals surface area contributed by atoms with Crippen LogP contribution >= 0.6 is 0 Å². The van der Waals surface area contributed by atoms with Gasteiger partial charge < -0.3 is 20.1 Å². The van der Waals surface area contributed by atoms with Crippen LogP contribution in [0, 0.1) is 11.3 Å². The van der Waals surface area contributed by atoms with Crippen LogP contribution in [0.1, 0.15) is 50.2 Å². The summed E-state index contributed by atoms with van der Waals surface area (Å²) in [6.07, 6.45) is 7.62. The summed E-state index contributed by atoms with van der Waals surface area (Å²) in [6.45, 7) is 3.52. The molecular weight excluding hydrogens is 338 g/mol. The van der Waals surface area contributed by atoms with Crippen LogP contribution < -0.4 is 10.6 Å². The van der Waals surface area contributed by atoms with Gasteiger partial charge in [-0.3, -0.25) is 4.99 Å². The van der Waals surface area contributed by atoms with E-state index in [1.807, 2.05) is 7.05 Å². The first-order valence-electron chi connectivity index (χ1n) is 10.4. The summed E-state index contributed by atoms with van der Waals surface area (Å²) in [6, 6.07) is 10.6. The quantitative estimate of drug-likeness (QED) is 0.541. The van der Waals surface area contributed by atoms with Gasteiger partial charge in [0.2, 0.25) is 0 Å². The summed E-state index contributed by atoms with van der Waals surface area (Å²) in [7, 11) is 3.65. The van der Waals surface area contributed by atoms with Crippen LogP contribution in [0.25, 0.3) is 0 Å². The van der Waals surface area contributed by atoms with Crippen LogP contribution in [0.5, 0.6) is 0 Å². The van der Waals surface area contributed by atoms with Gasteiger partial charge in [0.05, 0.1) is 6.10 Å². The molecule has 2 N–H and O–H groups in total. The lowest BCUT2D eigenvalue weighted by molar-refractivity contribution is 0.0914. The number of aliphatic imine (C=N–C) groups is 1. The van der Waals surface area contributed by atoms with Crippen molar-refractivity contribution in [2.45, 2.75) is 44.6 Å². The molecule has 0 aromatic heterocycles. The van der Waals surface area contributed by atoms with Crippen LogP contribution in [0.3, 0.4) is 0 Å². The number of nitrogens with one attached hydrogen (secondary N) is 2. The number of benzene rings is 1. The minimum absolute atomic E-state index is 0.180. The average Bonchev–Trinajstić information content (AvgIpc) is 3.37. The highest BCUT2D eigenvalue weighted by molar-refractivity contribution is 5.79. The second kappa shape index (κ2) is 10.1. The zero-order valence-electron chi connectivity index (χ0n) is 16.9. The van der Waals surface area contributed by atoms with Crippen LogP contribution in [0.4, 0.5) is 0 Å². The summed E-state index contributed by atoms with van der Waals surface area (Å²) in [5.41, 5.74) is 1.63. The van der Waals surface area contributed by atoms with E-state index in [2.05, 4.69) is 46.0 Å². The second-order valence-electron chi connectivity index (χ2n) is 8.01. The van der Waals surface area contributed by atoms with Crippen LogP contribution in [0.2, 0.25) is 0 Å². The lowest BCUT2D eigenvalue weighted by Crippen LogP contribution is -2.44. The van der Waals surface area contributed by atoms with Gasteiger partial charge in [-0.1, -0.05) is 43.2 Å². The number of ether oxygens (including phenoxy) is 2. The fraction of sp³-hybridized carbons (Fsp3) is 0.682. The Balaban J connectivity index is 1.50. The summed E-state index contributed by atoms with van der Waals surface area (Å²) >= 11 is 0. The highest BCUT2D eigenvalue weighted by Gasteiger charge is 2.34. The zero-order chi connectivity index (χ0) is 19.0. The lowest BCUT2D eigenvalue weighted by atomic mass is 9.83. The molecule has 1 saturated carbocycles. The van der Waals surface area contributed by atoms with Crippen LogP contribution in [-0.4, -0.2) is 46.4 Å². The van der Waals surface area contributed by atoms with E-state index in [9.17, 15) is 0 Å². The van der Waals surface area contributed by atoms with Gasteiger partial charge in [0, 0.05) is 46.4 Å². The molecule has 0 amide bonds. The topological polar surface area (TPSA) is 54.9 Å². The Morgan fingerprint density at radius 2 is 2.00 bits per heavy atom. The molecular formula is C22H35N3O2. The van der Waals surface area contributed by atoms with Gasteiger partial charge in [-0.05, 0) is 36.7 Å². The van der Waals surface area contributed by atoms with Gasteiger partial charge in [-0.2, -0.15) is 0 Å². The molecule has 1 aliphatic carbocycles. The third-order valence-corrected chi connectivity index (χ3v) is 6.23. The minimum atomic E-state index is 0.180. The van der Waals surface area contributed by atoms with Crippen molar-refractivity contribution >= 4 is 5.96 Å². The first kappa shape index (κ1) is 20.2. The van der Waals surface area contributed by atoms with E-state index < -0.39 is 0 Å².